The number of rotatable bonds is 6. The molecule has 0 amide bonds. The lowest BCUT2D eigenvalue weighted by Crippen LogP contribution is -2.34. The molecule has 4 heteroatoms. The Bertz CT molecular complexity index is 329. The van der Waals surface area contributed by atoms with Crippen LogP contribution >= 0.6 is 11.6 Å². The van der Waals surface area contributed by atoms with Gasteiger partial charge < -0.3 is 10.4 Å². The van der Waals surface area contributed by atoms with Crippen LogP contribution in [0.25, 0.3) is 0 Å². The first-order valence-electron chi connectivity index (χ1n) is 5.22. The van der Waals surface area contributed by atoms with Crippen LogP contribution in [0, 0.1) is 0 Å². The minimum Gasteiger partial charge on any atom is -0.481 e. The zero-order valence-electron chi connectivity index (χ0n) is 9.19. The molecule has 0 spiro atoms. The Labute approximate surface area is 100 Å². The van der Waals surface area contributed by atoms with Gasteiger partial charge in [-0.1, -0.05) is 30.3 Å². The van der Waals surface area contributed by atoms with Crippen LogP contribution in [0.2, 0.25) is 0 Å². The monoisotopic (exact) mass is 241 g/mol. The molecule has 2 atom stereocenters. The van der Waals surface area contributed by atoms with Crippen molar-refractivity contribution in [3.05, 3.63) is 35.9 Å². The summed E-state index contributed by atoms with van der Waals surface area (Å²) in [5.74, 6) is -0.540. The molecule has 0 aliphatic carbocycles. The zero-order chi connectivity index (χ0) is 12.0. The van der Waals surface area contributed by atoms with E-state index in [9.17, 15) is 4.79 Å². The van der Waals surface area contributed by atoms with Gasteiger partial charge in [-0.05, 0) is 12.5 Å². The fraction of sp³-hybridized carbons (Fsp3) is 0.417. The van der Waals surface area contributed by atoms with E-state index in [1.807, 2.05) is 37.3 Å². The van der Waals surface area contributed by atoms with Crippen LogP contribution in [0.3, 0.4) is 0 Å². The molecule has 0 saturated heterocycles. The number of benzene rings is 1. The number of halogens is 1. The van der Waals surface area contributed by atoms with E-state index in [2.05, 4.69) is 5.32 Å². The first kappa shape index (κ1) is 13.0. The van der Waals surface area contributed by atoms with Gasteiger partial charge in [-0.3, -0.25) is 4.79 Å². The molecule has 1 unspecified atom stereocenters. The summed E-state index contributed by atoms with van der Waals surface area (Å²) in [7, 11) is 0. The molecule has 16 heavy (non-hydrogen) atoms. The van der Waals surface area contributed by atoms with Crippen molar-refractivity contribution in [3.8, 4) is 0 Å². The van der Waals surface area contributed by atoms with Crippen molar-refractivity contribution in [2.75, 3.05) is 5.88 Å². The third-order valence-corrected chi connectivity index (χ3v) is 2.77. The van der Waals surface area contributed by atoms with Crippen molar-refractivity contribution < 1.29 is 9.90 Å². The Morgan fingerprint density at radius 3 is 2.56 bits per heavy atom. The minimum absolute atomic E-state index is 0.0423. The third-order valence-electron chi connectivity index (χ3n) is 2.39. The smallest absolute Gasteiger partial charge is 0.304 e. The first-order chi connectivity index (χ1) is 7.63. The van der Waals surface area contributed by atoms with Gasteiger partial charge in [0, 0.05) is 18.0 Å². The normalized spacial score (nSPS) is 14.4. The number of nitrogens with one attached hydrogen (secondary N) is 1. The minimum atomic E-state index is -0.835. The van der Waals surface area contributed by atoms with Gasteiger partial charge in [0.1, 0.15) is 0 Å². The summed E-state index contributed by atoms with van der Waals surface area (Å²) in [6, 6.07) is 9.78. The highest BCUT2D eigenvalue weighted by atomic mass is 35.5. The molecular formula is C12H16ClNO2. The van der Waals surface area contributed by atoms with Crippen LogP contribution in [-0.4, -0.2) is 23.0 Å². The Kier molecular flexibility index (Phi) is 5.29. The fourth-order valence-electron chi connectivity index (χ4n) is 1.56. The van der Waals surface area contributed by atoms with Gasteiger partial charge in [-0.15, -0.1) is 11.6 Å². The van der Waals surface area contributed by atoms with E-state index in [0.717, 1.165) is 5.56 Å². The van der Waals surface area contributed by atoms with E-state index in [4.69, 9.17) is 16.7 Å². The van der Waals surface area contributed by atoms with Crippen LogP contribution in [0.1, 0.15) is 24.9 Å². The summed E-state index contributed by atoms with van der Waals surface area (Å²) >= 11 is 5.72. The highest BCUT2D eigenvalue weighted by Gasteiger charge is 2.15. The number of carbonyl (C=O) groups is 1. The SMILES string of the molecule is CC(N[C@@H](CCl)CC(=O)O)c1ccccc1. The molecule has 1 rings (SSSR count). The van der Waals surface area contributed by atoms with Crippen molar-refractivity contribution in [2.24, 2.45) is 0 Å². The highest BCUT2D eigenvalue weighted by Crippen LogP contribution is 2.13. The highest BCUT2D eigenvalue weighted by molar-refractivity contribution is 6.18. The molecule has 1 aromatic carbocycles. The molecule has 0 saturated carbocycles. The van der Waals surface area contributed by atoms with Gasteiger partial charge in [0.15, 0.2) is 0 Å². The van der Waals surface area contributed by atoms with Gasteiger partial charge in [0.2, 0.25) is 0 Å². The second-order valence-corrected chi connectivity index (χ2v) is 4.06. The molecule has 0 fully saturated rings. The fourth-order valence-corrected chi connectivity index (χ4v) is 1.76. The predicted molar refractivity (Wildman–Crippen MR) is 64.8 cm³/mol. The van der Waals surface area contributed by atoms with Crippen LogP contribution in [0.4, 0.5) is 0 Å². The van der Waals surface area contributed by atoms with Crippen LogP contribution in [-0.2, 0) is 4.79 Å². The maximum Gasteiger partial charge on any atom is 0.304 e. The average Bonchev–Trinajstić information content (AvgIpc) is 2.28. The third kappa shape index (κ3) is 4.21. The summed E-state index contributed by atoms with van der Waals surface area (Å²) in [5.41, 5.74) is 1.13. The molecule has 0 aromatic heterocycles. The molecule has 1 aromatic rings. The summed E-state index contributed by atoms with van der Waals surface area (Å²) in [4.78, 5) is 10.6. The van der Waals surface area contributed by atoms with E-state index in [0.29, 0.717) is 5.88 Å². The topological polar surface area (TPSA) is 49.3 Å². The van der Waals surface area contributed by atoms with Crippen LogP contribution in [0.15, 0.2) is 30.3 Å². The van der Waals surface area contributed by atoms with Gasteiger partial charge in [0.25, 0.3) is 0 Å². The second-order valence-electron chi connectivity index (χ2n) is 3.75. The van der Waals surface area contributed by atoms with E-state index in [1.165, 1.54) is 0 Å². The lowest BCUT2D eigenvalue weighted by atomic mass is 10.1. The maximum absolute atomic E-state index is 10.6. The molecule has 0 aliphatic rings. The summed E-state index contributed by atoms with van der Waals surface area (Å²) in [5, 5.41) is 11.9. The van der Waals surface area contributed by atoms with Gasteiger partial charge >= 0.3 is 5.97 Å². The number of aliphatic carboxylic acids is 1. The summed E-state index contributed by atoms with van der Waals surface area (Å²) in [6.45, 7) is 2.00. The van der Waals surface area contributed by atoms with Crippen molar-refractivity contribution in [3.63, 3.8) is 0 Å². The summed E-state index contributed by atoms with van der Waals surface area (Å²) in [6.07, 6.45) is 0.0423. The Hall–Kier alpha value is -1.06. The maximum atomic E-state index is 10.6. The lowest BCUT2D eigenvalue weighted by molar-refractivity contribution is -0.137. The number of hydrogen-bond donors (Lipinski definition) is 2. The average molecular weight is 242 g/mol. The molecule has 3 nitrogen and oxygen atoms in total. The van der Waals surface area contributed by atoms with Gasteiger partial charge in [0.05, 0.1) is 6.42 Å². The second kappa shape index (κ2) is 6.51. The number of alkyl halides is 1. The molecule has 0 radical (unpaired) electrons. The molecule has 0 heterocycles. The molecule has 2 N–H and O–H groups in total. The van der Waals surface area contributed by atoms with Crippen LogP contribution in [0.5, 0.6) is 0 Å². The van der Waals surface area contributed by atoms with Gasteiger partial charge in [-0.25, -0.2) is 0 Å². The Morgan fingerprint density at radius 1 is 1.44 bits per heavy atom. The first-order valence-corrected chi connectivity index (χ1v) is 5.75. The van der Waals surface area contributed by atoms with Crippen molar-refractivity contribution in [1.29, 1.82) is 0 Å². The van der Waals surface area contributed by atoms with E-state index in [-0.39, 0.29) is 18.5 Å². The molecular weight excluding hydrogens is 226 g/mol. The van der Waals surface area contributed by atoms with E-state index >= 15 is 0 Å². The lowest BCUT2D eigenvalue weighted by Gasteiger charge is -2.20. The molecule has 0 aliphatic heterocycles. The zero-order valence-corrected chi connectivity index (χ0v) is 9.95. The van der Waals surface area contributed by atoms with E-state index < -0.39 is 5.97 Å². The molecule has 88 valence electrons. The van der Waals surface area contributed by atoms with Crippen molar-refractivity contribution in [1.82, 2.24) is 5.32 Å². The summed E-state index contributed by atoms with van der Waals surface area (Å²) < 4.78 is 0. The van der Waals surface area contributed by atoms with Gasteiger partial charge in [-0.2, -0.15) is 0 Å². The Morgan fingerprint density at radius 2 is 2.06 bits per heavy atom. The van der Waals surface area contributed by atoms with Crippen molar-refractivity contribution >= 4 is 17.6 Å². The van der Waals surface area contributed by atoms with E-state index in [1.54, 1.807) is 0 Å². The number of carboxylic acid groups (broad SMARTS) is 1. The molecule has 0 bridgehead atoms. The number of carboxylic acids is 1. The van der Waals surface area contributed by atoms with Crippen molar-refractivity contribution in [2.45, 2.75) is 25.4 Å². The predicted octanol–water partition coefficient (Wildman–Crippen LogP) is 2.42. The Balaban J connectivity index is 2.55. The van der Waals surface area contributed by atoms with Crippen LogP contribution < -0.4 is 5.32 Å². The largest absolute Gasteiger partial charge is 0.481 e. The standard InChI is InChI=1S/C12H16ClNO2/c1-9(10-5-3-2-4-6-10)14-11(8-13)7-12(15)16/h2-6,9,11,14H,7-8H2,1H3,(H,15,16)/t9?,11-/m1/s1. The quantitative estimate of drug-likeness (QED) is 0.752. The number of hydrogen-bond acceptors (Lipinski definition) is 2.